The third kappa shape index (κ3) is 5.45. The van der Waals surface area contributed by atoms with E-state index in [0.29, 0.717) is 6.42 Å². The van der Waals surface area contributed by atoms with Crippen LogP contribution in [0, 0.1) is 5.41 Å². The van der Waals surface area contributed by atoms with E-state index in [1.165, 1.54) is 0 Å². The van der Waals surface area contributed by atoms with Crippen LogP contribution in [0.3, 0.4) is 0 Å². The van der Waals surface area contributed by atoms with Gasteiger partial charge in [0.2, 0.25) is 0 Å². The minimum absolute atomic E-state index is 0.271. The third-order valence-corrected chi connectivity index (χ3v) is 4.95. The number of ether oxygens (including phenoxy) is 1. The zero-order valence-electron chi connectivity index (χ0n) is 17.9. The van der Waals surface area contributed by atoms with E-state index in [0.717, 1.165) is 5.47 Å². The fourth-order valence-corrected chi connectivity index (χ4v) is 2.66. The van der Waals surface area contributed by atoms with E-state index in [1.807, 2.05) is 68.4 Å². The van der Waals surface area contributed by atoms with E-state index in [-0.39, 0.29) is 5.97 Å². The van der Waals surface area contributed by atoms with Gasteiger partial charge in [-0.3, -0.25) is 4.79 Å². The Kier molecular flexibility index (Phi) is 6.61. The van der Waals surface area contributed by atoms with Crippen LogP contribution in [0.4, 0.5) is 0 Å². The summed E-state index contributed by atoms with van der Waals surface area (Å²) in [5.41, 5.74) is 5.04. The van der Waals surface area contributed by atoms with Crippen LogP contribution in [-0.4, -0.2) is 35.9 Å². The van der Waals surface area contributed by atoms with Gasteiger partial charge in [-0.2, -0.15) is 0 Å². The summed E-state index contributed by atoms with van der Waals surface area (Å²) in [5.74, 6) is -0.271. The summed E-state index contributed by atoms with van der Waals surface area (Å²) in [6.45, 7) is 21.0. The Morgan fingerprint density at radius 1 is 1.15 bits per heavy atom. The maximum atomic E-state index is 12.5. The lowest BCUT2D eigenvalue weighted by atomic mass is 9.69. The molecule has 1 saturated heterocycles. The standard InChI is InChI=1S/C20H36BNO4/c1-11-12-14(21-25-19(7,8)20(9,10)26-21)15(22)13-18(5,6)16(23)24-17(2,3)4/h11-12,15H,1,13,22H2,2-10H3/b14-12+. The Labute approximate surface area is 159 Å². The number of nitrogens with two attached hydrogens (primary N) is 1. The fraction of sp³-hybridized carbons (Fsp3) is 0.750. The van der Waals surface area contributed by atoms with Crippen molar-refractivity contribution in [3.63, 3.8) is 0 Å². The quantitative estimate of drug-likeness (QED) is 0.440. The molecule has 0 aromatic rings. The lowest BCUT2D eigenvalue weighted by Gasteiger charge is -2.32. The average molecular weight is 365 g/mol. The van der Waals surface area contributed by atoms with Crippen LogP contribution in [0.2, 0.25) is 0 Å². The zero-order chi connectivity index (χ0) is 20.6. The van der Waals surface area contributed by atoms with Crippen molar-refractivity contribution in [2.45, 2.75) is 91.6 Å². The maximum Gasteiger partial charge on any atom is 0.492 e. The number of hydrogen-bond donors (Lipinski definition) is 1. The average Bonchev–Trinajstić information content (AvgIpc) is 2.61. The predicted molar refractivity (Wildman–Crippen MR) is 107 cm³/mol. The Morgan fingerprint density at radius 2 is 1.62 bits per heavy atom. The van der Waals surface area contributed by atoms with E-state index in [4.69, 9.17) is 19.8 Å². The van der Waals surface area contributed by atoms with Crippen molar-refractivity contribution in [3.8, 4) is 0 Å². The summed E-state index contributed by atoms with van der Waals surface area (Å²) in [6, 6.07) is -0.426. The van der Waals surface area contributed by atoms with E-state index < -0.39 is 35.4 Å². The van der Waals surface area contributed by atoms with Crippen LogP contribution < -0.4 is 5.73 Å². The molecule has 1 heterocycles. The number of hydrogen-bond acceptors (Lipinski definition) is 5. The molecule has 1 aliphatic heterocycles. The first-order valence-corrected chi connectivity index (χ1v) is 9.19. The first-order valence-electron chi connectivity index (χ1n) is 9.19. The number of rotatable bonds is 6. The van der Waals surface area contributed by atoms with Crippen molar-refractivity contribution < 1.29 is 18.8 Å². The molecule has 0 aromatic carbocycles. The van der Waals surface area contributed by atoms with Crippen molar-refractivity contribution in [2.24, 2.45) is 11.1 Å². The molecule has 0 aliphatic carbocycles. The molecule has 26 heavy (non-hydrogen) atoms. The third-order valence-electron chi connectivity index (χ3n) is 4.95. The van der Waals surface area contributed by atoms with Gasteiger partial charge in [-0.15, -0.1) is 0 Å². The highest BCUT2D eigenvalue weighted by molar-refractivity contribution is 6.55. The lowest BCUT2D eigenvalue weighted by Crippen LogP contribution is -2.42. The van der Waals surface area contributed by atoms with Gasteiger partial charge in [0.1, 0.15) is 5.60 Å². The molecule has 0 spiro atoms. The van der Waals surface area contributed by atoms with Crippen LogP contribution in [0.15, 0.2) is 24.2 Å². The first kappa shape index (κ1) is 22.9. The normalized spacial score (nSPS) is 21.5. The molecule has 1 atom stereocenters. The minimum atomic E-state index is -0.739. The second-order valence-corrected chi connectivity index (χ2v) is 9.69. The predicted octanol–water partition coefficient (Wildman–Crippen LogP) is 3.82. The Morgan fingerprint density at radius 3 is 2.00 bits per heavy atom. The number of carbonyl (C=O) groups excluding carboxylic acids is 1. The van der Waals surface area contributed by atoms with Gasteiger partial charge in [0.25, 0.3) is 0 Å². The van der Waals surface area contributed by atoms with Crippen molar-refractivity contribution in [1.82, 2.24) is 0 Å². The van der Waals surface area contributed by atoms with E-state index in [2.05, 4.69) is 6.58 Å². The molecule has 0 bridgehead atoms. The van der Waals surface area contributed by atoms with Crippen LogP contribution in [-0.2, 0) is 18.8 Å². The van der Waals surface area contributed by atoms with E-state index in [1.54, 1.807) is 6.08 Å². The topological polar surface area (TPSA) is 70.8 Å². The summed E-state index contributed by atoms with van der Waals surface area (Å²) < 4.78 is 17.8. The zero-order valence-corrected chi connectivity index (χ0v) is 17.9. The molecule has 148 valence electrons. The maximum absolute atomic E-state index is 12.5. The first-order chi connectivity index (χ1) is 11.5. The van der Waals surface area contributed by atoms with Crippen LogP contribution in [0.5, 0.6) is 0 Å². The van der Waals surface area contributed by atoms with Crippen LogP contribution in [0.25, 0.3) is 0 Å². The van der Waals surface area contributed by atoms with Gasteiger partial charge in [0, 0.05) is 6.04 Å². The van der Waals surface area contributed by atoms with Gasteiger partial charge in [-0.25, -0.2) is 0 Å². The van der Waals surface area contributed by atoms with Gasteiger partial charge >= 0.3 is 13.1 Å². The molecular weight excluding hydrogens is 329 g/mol. The van der Waals surface area contributed by atoms with Crippen molar-refractivity contribution in [3.05, 3.63) is 24.2 Å². The molecule has 1 aliphatic rings. The largest absolute Gasteiger partial charge is 0.492 e. The molecule has 6 heteroatoms. The fourth-order valence-electron chi connectivity index (χ4n) is 2.66. The number of carbonyl (C=O) groups is 1. The summed E-state index contributed by atoms with van der Waals surface area (Å²) in [4.78, 5) is 12.5. The van der Waals surface area contributed by atoms with E-state index >= 15 is 0 Å². The molecule has 0 aromatic heterocycles. The molecule has 1 fully saturated rings. The highest BCUT2D eigenvalue weighted by Gasteiger charge is 2.53. The van der Waals surface area contributed by atoms with Crippen molar-refractivity contribution >= 4 is 13.1 Å². The molecule has 2 N–H and O–H groups in total. The minimum Gasteiger partial charge on any atom is -0.460 e. The number of allylic oxidation sites excluding steroid dienone is 2. The smallest absolute Gasteiger partial charge is 0.460 e. The molecule has 0 amide bonds. The monoisotopic (exact) mass is 365 g/mol. The Balaban J connectivity index is 2.97. The van der Waals surface area contributed by atoms with Gasteiger partial charge in [-0.1, -0.05) is 18.7 Å². The molecule has 5 nitrogen and oxygen atoms in total. The summed E-state index contributed by atoms with van der Waals surface area (Å²) >= 11 is 0. The molecule has 1 rings (SSSR count). The highest BCUT2D eigenvalue weighted by atomic mass is 16.7. The molecule has 0 saturated carbocycles. The van der Waals surface area contributed by atoms with Gasteiger partial charge < -0.3 is 19.8 Å². The van der Waals surface area contributed by atoms with Gasteiger partial charge in [0.15, 0.2) is 0 Å². The van der Waals surface area contributed by atoms with Crippen molar-refractivity contribution in [2.75, 3.05) is 0 Å². The Hall–Kier alpha value is -1.11. The van der Waals surface area contributed by atoms with Gasteiger partial charge in [0.05, 0.1) is 16.6 Å². The number of esters is 1. The van der Waals surface area contributed by atoms with E-state index in [9.17, 15) is 4.79 Å². The summed E-state index contributed by atoms with van der Waals surface area (Å²) in [5, 5.41) is 0. The highest BCUT2D eigenvalue weighted by Crippen LogP contribution is 2.40. The van der Waals surface area contributed by atoms with Gasteiger partial charge in [-0.05, 0) is 74.2 Å². The Bertz CT molecular complexity index is 557. The lowest BCUT2D eigenvalue weighted by molar-refractivity contribution is -0.166. The summed E-state index contributed by atoms with van der Waals surface area (Å²) in [6.07, 6.45) is 3.89. The molecular formula is C20H36BNO4. The molecule has 0 radical (unpaired) electrons. The second kappa shape index (κ2) is 7.49. The van der Waals surface area contributed by atoms with Crippen LogP contribution >= 0.6 is 0 Å². The van der Waals surface area contributed by atoms with Crippen LogP contribution in [0.1, 0.15) is 68.7 Å². The van der Waals surface area contributed by atoms with Crippen molar-refractivity contribution in [1.29, 1.82) is 0 Å². The SMILES string of the molecule is C=C/C=C(/B1OC(C)(C)C(C)(C)O1)C(N)CC(C)(C)C(=O)OC(C)(C)C. The summed E-state index contributed by atoms with van der Waals surface area (Å²) in [7, 11) is -0.567. The molecule has 1 unspecified atom stereocenters. The second-order valence-electron chi connectivity index (χ2n) is 9.69.